The van der Waals surface area contributed by atoms with Crippen LogP contribution in [0.5, 0.6) is 5.75 Å². The second kappa shape index (κ2) is 7.43. The van der Waals surface area contributed by atoms with Gasteiger partial charge in [0.15, 0.2) is 15.7 Å². The molecule has 2 fully saturated rings. The van der Waals surface area contributed by atoms with Gasteiger partial charge in [0.05, 0.1) is 21.9 Å². The van der Waals surface area contributed by atoms with Crippen LogP contribution in [0.25, 0.3) is 22.5 Å². The zero-order chi connectivity index (χ0) is 22.7. The van der Waals surface area contributed by atoms with Crippen molar-refractivity contribution in [3.8, 4) is 28.3 Å². The maximum atomic E-state index is 13.6. The zero-order valence-corrected chi connectivity index (χ0v) is 18.4. The summed E-state index contributed by atoms with van der Waals surface area (Å²) >= 11 is 0. The number of benzene rings is 1. The second-order valence-electron chi connectivity index (χ2n) is 8.77. The van der Waals surface area contributed by atoms with Gasteiger partial charge in [-0.1, -0.05) is 0 Å². The molecule has 1 aromatic rings. The first kappa shape index (κ1) is 21.2. The van der Waals surface area contributed by atoms with Crippen LogP contribution in [0, 0.1) is 6.92 Å². The normalized spacial score (nSPS) is 19.3. The number of aromatic nitrogens is 2. The smallest absolute Gasteiger partial charge is 0.248 e. The highest BCUT2D eigenvalue weighted by atomic mass is 32.2. The summed E-state index contributed by atoms with van der Waals surface area (Å²) in [6.07, 6.45) is 2.49. The minimum atomic E-state index is -3.44. The molecule has 1 aromatic carbocycles. The van der Waals surface area contributed by atoms with Gasteiger partial charge in [0.25, 0.3) is 0 Å². The Hall–Kier alpha value is -2.68. The molecule has 0 spiro atoms. The molecule has 0 amide bonds. The highest BCUT2D eigenvalue weighted by molar-refractivity contribution is 7.92. The van der Waals surface area contributed by atoms with Crippen LogP contribution >= 0.6 is 0 Å². The SMILES string of the molecule is Cc1cc(-c2cc(S(=O)(=O)C3CC3)ccc2OC2CCC(F)(F)CC2)c2ccnc-2n1O. The second-order valence-corrected chi connectivity index (χ2v) is 11.0. The van der Waals surface area contributed by atoms with Gasteiger partial charge in [-0.2, -0.15) is 4.73 Å². The molecule has 0 unspecified atom stereocenters. The summed E-state index contributed by atoms with van der Waals surface area (Å²) in [5.74, 6) is -1.88. The molecule has 32 heavy (non-hydrogen) atoms. The van der Waals surface area contributed by atoms with E-state index in [-0.39, 0.29) is 41.9 Å². The molecule has 0 aromatic heterocycles. The van der Waals surface area contributed by atoms with Crippen molar-refractivity contribution in [2.45, 2.75) is 67.6 Å². The Balaban J connectivity index is 1.61. The molecular formula is C23H24F2N2O4S. The average molecular weight is 463 g/mol. The topological polar surface area (TPSA) is 81.4 Å². The van der Waals surface area contributed by atoms with E-state index in [2.05, 4.69) is 4.98 Å². The van der Waals surface area contributed by atoms with Crippen molar-refractivity contribution in [2.24, 2.45) is 0 Å². The molecule has 0 saturated heterocycles. The summed E-state index contributed by atoms with van der Waals surface area (Å²) in [5.41, 5.74) is 2.37. The number of aryl methyl sites for hydroxylation is 1. The van der Waals surface area contributed by atoms with Crippen molar-refractivity contribution < 1.29 is 27.1 Å². The van der Waals surface area contributed by atoms with Gasteiger partial charge in [-0.05, 0) is 68.5 Å². The van der Waals surface area contributed by atoms with Gasteiger partial charge >= 0.3 is 0 Å². The Morgan fingerprint density at radius 2 is 1.78 bits per heavy atom. The van der Waals surface area contributed by atoms with E-state index in [4.69, 9.17) is 4.74 Å². The van der Waals surface area contributed by atoms with E-state index in [0.717, 1.165) is 4.73 Å². The highest BCUT2D eigenvalue weighted by Crippen LogP contribution is 2.43. The highest BCUT2D eigenvalue weighted by Gasteiger charge is 2.38. The van der Waals surface area contributed by atoms with Gasteiger partial charge in [0.1, 0.15) is 5.75 Å². The summed E-state index contributed by atoms with van der Waals surface area (Å²) in [7, 11) is -3.44. The Morgan fingerprint density at radius 3 is 2.47 bits per heavy atom. The first-order valence-corrected chi connectivity index (χ1v) is 12.3. The third-order valence-corrected chi connectivity index (χ3v) is 8.61. The van der Waals surface area contributed by atoms with Crippen LogP contribution in [0.3, 0.4) is 0 Å². The average Bonchev–Trinajstić information content (AvgIpc) is 3.51. The number of sulfone groups is 1. The van der Waals surface area contributed by atoms with E-state index in [1.54, 1.807) is 37.4 Å². The molecule has 1 N–H and O–H groups in total. The first-order chi connectivity index (χ1) is 15.2. The van der Waals surface area contributed by atoms with Crippen LogP contribution in [-0.2, 0) is 9.84 Å². The van der Waals surface area contributed by atoms with Gasteiger partial charge in [-0.3, -0.25) is 0 Å². The minimum Gasteiger partial charge on any atom is -0.490 e. The lowest BCUT2D eigenvalue weighted by atomic mass is 9.94. The standard InChI is InChI=1S/C23H24F2N2O4S/c1-14-12-19(18-8-11-26-22(18)27(14)28)20-13-17(32(29,30)16-2-3-16)4-5-21(20)31-15-6-9-23(24,25)10-7-15/h4-5,8,11-13,15-16,28H,2-3,6-7,9-10H2,1H3. The minimum absolute atomic E-state index is 0.212. The Morgan fingerprint density at radius 1 is 1.06 bits per heavy atom. The number of halogens is 2. The van der Waals surface area contributed by atoms with Crippen LogP contribution in [0.2, 0.25) is 0 Å². The molecule has 9 heteroatoms. The summed E-state index contributed by atoms with van der Waals surface area (Å²) in [5, 5.41) is 9.96. The quantitative estimate of drug-likeness (QED) is 0.534. The van der Waals surface area contributed by atoms with Crippen molar-refractivity contribution in [3.05, 3.63) is 42.2 Å². The van der Waals surface area contributed by atoms with E-state index in [1.165, 1.54) is 6.07 Å². The molecule has 0 atom stereocenters. The fraction of sp³-hybridized carbons (Fsp3) is 0.435. The molecule has 0 radical (unpaired) electrons. The van der Waals surface area contributed by atoms with Gasteiger partial charge in [0.2, 0.25) is 5.92 Å². The fourth-order valence-electron chi connectivity index (χ4n) is 4.32. The largest absolute Gasteiger partial charge is 0.490 e. The molecule has 2 aliphatic heterocycles. The zero-order valence-electron chi connectivity index (χ0n) is 17.6. The van der Waals surface area contributed by atoms with Crippen LogP contribution in [0.1, 0.15) is 44.2 Å². The van der Waals surface area contributed by atoms with Crippen LogP contribution < -0.4 is 4.74 Å². The third-order valence-electron chi connectivity index (χ3n) is 6.35. The number of rotatable bonds is 5. The molecule has 6 nitrogen and oxygen atoms in total. The predicted molar refractivity (Wildman–Crippen MR) is 114 cm³/mol. The van der Waals surface area contributed by atoms with Gasteiger partial charge < -0.3 is 9.94 Å². The Bertz CT molecular complexity index is 1240. The number of ether oxygens (including phenoxy) is 1. The number of nitrogens with zero attached hydrogens (tertiary/aromatic N) is 2. The van der Waals surface area contributed by atoms with Crippen molar-refractivity contribution in [3.63, 3.8) is 0 Å². The molecule has 170 valence electrons. The maximum Gasteiger partial charge on any atom is 0.248 e. The fourth-order valence-corrected chi connectivity index (χ4v) is 6.01. The molecule has 2 saturated carbocycles. The number of hydrogen-bond donors (Lipinski definition) is 1. The lowest BCUT2D eigenvalue weighted by Gasteiger charge is -2.29. The van der Waals surface area contributed by atoms with E-state index in [0.29, 0.717) is 46.8 Å². The molecule has 5 rings (SSSR count). The van der Waals surface area contributed by atoms with Crippen LogP contribution in [0.4, 0.5) is 8.78 Å². The number of hydrogen-bond acceptors (Lipinski definition) is 5. The Kier molecular flexibility index (Phi) is 4.92. The van der Waals surface area contributed by atoms with Crippen molar-refractivity contribution >= 4 is 9.84 Å². The number of fused-ring (bicyclic) bond motifs is 1. The lowest BCUT2D eigenvalue weighted by molar-refractivity contribution is -0.0581. The first-order valence-electron chi connectivity index (χ1n) is 10.7. The van der Waals surface area contributed by atoms with Crippen molar-refractivity contribution in [1.82, 2.24) is 9.71 Å². The summed E-state index contributed by atoms with van der Waals surface area (Å²) in [6, 6.07) is 8.24. The third kappa shape index (κ3) is 3.72. The summed E-state index contributed by atoms with van der Waals surface area (Å²) in [6.45, 7) is 1.71. The predicted octanol–water partition coefficient (Wildman–Crippen LogP) is 5.09. The molecule has 0 bridgehead atoms. The van der Waals surface area contributed by atoms with E-state index < -0.39 is 15.8 Å². The van der Waals surface area contributed by atoms with E-state index in [1.807, 2.05) is 0 Å². The monoisotopic (exact) mass is 462 g/mol. The summed E-state index contributed by atoms with van der Waals surface area (Å²) < 4.78 is 60.1. The lowest BCUT2D eigenvalue weighted by Crippen LogP contribution is -2.30. The summed E-state index contributed by atoms with van der Waals surface area (Å²) in [4.78, 5) is 4.42. The van der Waals surface area contributed by atoms with Crippen molar-refractivity contribution in [2.75, 3.05) is 0 Å². The Labute approximate surface area is 185 Å². The van der Waals surface area contributed by atoms with E-state index in [9.17, 15) is 22.4 Å². The number of alkyl halides is 2. The number of pyridine rings is 1. The molecular weight excluding hydrogens is 438 g/mol. The van der Waals surface area contributed by atoms with Crippen molar-refractivity contribution in [1.29, 1.82) is 0 Å². The van der Waals surface area contributed by atoms with E-state index >= 15 is 0 Å². The van der Waals surface area contributed by atoms with Crippen LogP contribution in [-0.4, -0.2) is 40.6 Å². The maximum absolute atomic E-state index is 13.6. The molecule has 2 aliphatic carbocycles. The van der Waals surface area contributed by atoms with Crippen LogP contribution in [0.15, 0.2) is 41.4 Å². The van der Waals surface area contributed by atoms with Gasteiger partial charge in [-0.15, -0.1) is 0 Å². The molecule has 2 heterocycles. The molecule has 4 aliphatic rings. The van der Waals surface area contributed by atoms with Gasteiger partial charge in [0, 0.05) is 30.2 Å². The van der Waals surface area contributed by atoms with Gasteiger partial charge in [-0.25, -0.2) is 22.2 Å².